The summed E-state index contributed by atoms with van der Waals surface area (Å²) in [6.45, 7) is 0.228. The minimum Gasteiger partial charge on any atom is -0.396 e. The van der Waals surface area contributed by atoms with Crippen LogP contribution in [-0.4, -0.2) is 16.9 Å². The van der Waals surface area contributed by atoms with E-state index in [1.54, 1.807) is 0 Å². The Balaban J connectivity index is 1.93. The van der Waals surface area contributed by atoms with Crippen molar-refractivity contribution in [3.63, 3.8) is 0 Å². The lowest BCUT2D eigenvalue weighted by Gasteiger charge is -1.88. The number of rotatable bonds is 4. The molecular weight excluding hydrogens is 154 g/mol. The minimum absolute atomic E-state index is 0.228. The van der Waals surface area contributed by atoms with Gasteiger partial charge in [-0.3, -0.25) is 0 Å². The third kappa shape index (κ3) is 1.67. The van der Waals surface area contributed by atoms with Crippen molar-refractivity contribution in [3.8, 4) is 0 Å². The fourth-order valence-corrected chi connectivity index (χ4v) is 1.27. The molecule has 0 atom stereocenters. The van der Waals surface area contributed by atoms with Gasteiger partial charge in [-0.25, -0.2) is 0 Å². The van der Waals surface area contributed by atoms with Crippen molar-refractivity contribution in [3.05, 3.63) is 17.5 Å². The van der Waals surface area contributed by atoms with Crippen molar-refractivity contribution in [2.45, 2.75) is 31.6 Å². The van der Waals surface area contributed by atoms with Gasteiger partial charge in [0, 0.05) is 18.6 Å². The summed E-state index contributed by atoms with van der Waals surface area (Å²) in [5.41, 5.74) is 0.978. The highest BCUT2D eigenvalue weighted by Crippen LogP contribution is 2.40. The summed E-state index contributed by atoms with van der Waals surface area (Å²) in [5.74, 6) is 1.67. The van der Waals surface area contributed by atoms with Crippen LogP contribution in [0.1, 0.15) is 36.6 Å². The van der Waals surface area contributed by atoms with E-state index in [-0.39, 0.29) is 6.61 Å². The Kier molecular flexibility index (Phi) is 2.13. The van der Waals surface area contributed by atoms with E-state index < -0.39 is 0 Å². The fourth-order valence-electron chi connectivity index (χ4n) is 1.27. The van der Waals surface area contributed by atoms with E-state index in [1.807, 2.05) is 6.07 Å². The number of nitrogens with zero attached hydrogens (tertiary/aromatic N) is 1. The summed E-state index contributed by atoms with van der Waals surface area (Å²) >= 11 is 0. The van der Waals surface area contributed by atoms with Crippen LogP contribution in [0.3, 0.4) is 0 Å². The normalized spacial score (nSPS) is 16.8. The molecule has 1 N–H and O–H groups in total. The van der Waals surface area contributed by atoms with Crippen molar-refractivity contribution < 1.29 is 9.63 Å². The lowest BCUT2D eigenvalue weighted by molar-refractivity contribution is 0.286. The SMILES string of the molecule is OCCCc1cc(C2CC2)on1. The molecular formula is C9H13NO2. The Morgan fingerprint density at radius 2 is 2.42 bits per heavy atom. The van der Waals surface area contributed by atoms with E-state index in [4.69, 9.17) is 9.63 Å². The Bertz CT molecular complexity index is 253. The molecule has 0 radical (unpaired) electrons. The van der Waals surface area contributed by atoms with Crippen LogP contribution < -0.4 is 0 Å². The molecule has 0 bridgehead atoms. The lowest BCUT2D eigenvalue weighted by atomic mass is 10.2. The quantitative estimate of drug-likeness (QED) is 0.738. The summed E-state index contributed by atoms with van der Waals surface area (Å²) in [6, 6.07) is 2.02. The first-order chi connectivity index (χ1) is 5.90. The van der Waals surface area contributed by atoms with Gasteiger partial charge in [-0.2, -0.15) is 0 Å². The van der Waals surface area contributed by atoms with E-state index in [9.17, 15) is 0 Å². The van der Waals surface area contributed by atoms with Crippen LogP contribution >= 0.6 is 0 Å². The third-order valence-corrected chi connectivity index (χ3v) is 2.15. The van der Waals surface area contributed by atoms with Gasteiger partial charge in [-0.05, 0) is 25.7 Å². The molecule has 1 saturated carbocycles. The van der Waals surface area contributed by atoms with Crippen LogP contribution in [0.5, 0.6) is 0 Å². The van der Waals surface area contributed by atoms with Gasteiger partial charge in [0.15, 0.2) is 0 Å². The number of hydrogen-bond donors (Lipinski definition) is 1. The Hall–Kier alpha value is -0.830. The average molecular weight is 167 g/mol. The standard InChI is InChI=1S/C9H13NO2/c11-5-1-2-8-6-9(12-10-8)7-3-4-7/h6-7,11H,1-5H2. The first-order valence-electron chi connectivity index (χ1n) is 4.46. The molecule has 1 aliphatic carbocycles. The number of hydrogen-bond acceptors (Lipinski definition) is 3. The summed E-state index contributed by atoms with van der Waals surface area (Å²) < 4.78 is 5.15. The molecule has 1 aromatic heterocycles. The van der Waals surface area contributed by atoms with Gasteiger partial charge in [0.05, 0.1) is 5.69 Å². The van der Waals surface area contributed by atoms with Crippen LogP contribution in [0.15, 0.2) is 10.6 Å². The van der Waals surface area contributed by atoms with Gasteiger partial charge in [-0.15, -0.1) is 0 Å². The molecule has 0 aromatic carbocycles. The fraction of sp³-hybridized carbons (Fsp3) is 0.667. The smallest absolute Gasteiger partial charge is 0.140 e. The molecule has 3 nitrogen and oxygen atoms in total. The van der Waals surface area contributed by atoms with Gasteiger partial charge >= 0.3 is 0 Å². The summed E-state index contributed by atoms with van der Waals surface area (Å²) in [5, 5.41) is 12.5. The molecule has 0 saturated heterocycles. The highest BCUT2D eigenvalue weighted by molar-refractivity contribution is 5.14. The molecule has 0 unspecified atom stereocenters. The number of aromatic nitrogens is 1. The zero-order valence-corrected chi connectivity index (χ0v) is 6.99. The number of aliphatic hydroxyl groups is 1. The van der Waals surface area contributed by atoms with Crippen molar-refractivity contribution in [1.29, 1.82) is 0 Å². The average Bonchev–Trinajstić information content (AvgIpc) is 2.83. The zero-order valence-electron chi connectivity index (χ0n) is 6.99. The van der Waals surface area contributed by atoms with Crippen molar-refractivity contribution in [1.82, 2.24) is 5.16 Å². The number of aryl methyl sites for hydroxylation is 1. The molecule has 66 valence electrons. The molecule has 12 heavy (non-hydrogen) atoms. The second kappa shape index (κ2) is 3.27. The molecule has 1 aromatic rings. The second-order valence-corrected chi connectivity index (χ2v) is 3.32. The van der Waals surface area contributed by atoms with E-state index in [0.29, 0.717) is 5.92 Å². The lowest BCUT2D eigenvalue weighted by Crippen LogP contribution is -1.88. The van der Waals surface area contributed by atoms with Crippen LogP contribution in [0.2, 0.25) is 0 Å². The topological polar surface area (TPSA) is 46.3 Å². The molecule has 1 fully saturated rings. The van der Waals surface area contributed by atoms with Gasteiger partial charge in [0.2, 0.25) is 0 Å². The van der Waals surface area contributed by atoms with Crippen LogP contribution in [0, 0.1) is 0 Å². The maximum absolute atomic E-state index is 8.60. The summed E-state index contributed by atoms with van der Waals surface area (Å²) in [7, 11) is 0. The highest BCUT2D eigenvalue weighted by Gasteiger charge is 2.27. The van der Waals surface area contributed by atoms with Crippen molar-refractivity contribution in [2.24, 2.45) is 0 Å². The predicted octanol–water partition coefficient (Wildman–Crippen LogP) is 1.48. The Labute approximate surface area is 71.4 Å². The van der Waals surface area contributed by atoms with Gasteiger partial charge in [-0.1, -0.05) is 5.16 Å². The third-order valence-electron chi connectivity index (χ3n) is 2.15. The van der Waals surface area contributed by atoms with E-state index in [2.05, 4.69) is 5.16 Å². The van der Waals surface area contributed by atoms with Crippen LogP contribution in [-0.2, 0) is 6.42 Å². The molecule has 1 heterocycles. The van der Waals surface area contributed by atoms with Crippen LogP contribution in [0.4, 0.5) is 0 Å². The van der Waals surface area contributed by atoms with E-state index in [0.717, 1.165) is 24.3 Å². The van der Waals surface area contributed by atoms with E-state index >= 15 is 0 Å². The second-order valence-electron chi connectivity index (χ2n) is 3.32. The van der Waals surface area contributed by atoms with E-state index in [1.165, 1.54) is 12.8 Å². The Morgan fingerprint density at radius 1 is 1.58 bits per heavy atom. The monoisotopic (exact) mass is 167 g/mol. The maximum Gasteiger partial charge on any atom is 0.140 e. The van der Waals surface area contributed by atoms with Crippen molar-refractivity contribution in [2.75, 3.05) is 6.61 Å². The largest absolute Gasteiger partial charge is 0.396 e. The molecule has 1 aliphatic rings. The highest BCUT2D eigenvalue weighted by atomic mass is 16.5. The molecule has 2 rings (SSSR count). The first-order valence-corrected chi connectivity index (χ1v) is 4.46. The molecule has 3 heteroatoms. The minimum atomic E-state index is 0.228. The predicted molar refractivity (Wildman–Crippen MR) is 43.9 cm³/mol. The first kappa shape index (κ1) is 7.80. The Morgan fingerprint density at radius 3 is 3.08 bits per heavy atom. The summed E-state index contributed by atoms with van der Waals surface area (Å²) in [4.78, 5) is 0. The molecule has 0 aliphatic heterocycles. The number of aliphatic hydroxyl groups excluding tert-OH is 1. The zero-order chi connectivity index (χ0) is 8.39. The van der Waals surface area contributed by atoms with Gasteiger partial charge < -0.3 is 9.63 Å². The molecule has 0 spiro atoms. The maximum atomic E-state index is 8.60. The van der Waals surface area contributed by atoms with Crippen molar-refractivity contribution >= 4 is 0 Å². The summed E-state index contributed by atoms with van der Waals surface area (Å²) in [6.07, 6.45) is 4.09. The van der Waals surface area contributed by atoms with Gasteiger partial charge in [0.25, 0.3) is 0 Å². The van der Waals surface area contributed by atoms with Gasteiger partial charge in [0.1, 0.15) is 5.76 Å². The molecule has 0 amide bonds. The van der Waals surface area contributed by atoms with Crippen LogP contribution in [0.25, 0.3) is 0 Å².